The Balaban J connectivity index is 2.14. The standard InChI is InChI=1S/C14H19ClN4/c1-3-7-19-8-6-17-14(19)9-13(16-2)12-5-4-11(15)10-18-12/h4-6,8,10,13,16H,3,7,9H2,1-2H3. The van der Waals surface area contributed by atoms with E-state index in [0.29, 0.717) is 5.02 Å². The van der Waals surface area contributed by atoms with Crippen molar-refractivity contribution in [2.24, 2.45) is 0 Å². The molecule has 0 saturated heterocycles. The minimum absolute atomic E-state index is 0.148. The van der Waals surface area contributed by atoms with E-state index in [-0.39, 0.29) is 6.04 Å². The van der Waals surface area contributed by atoms with Gasteiger partial charge in [0.2, 0.25) is 0 Å². The highest BCUT2D eigenvalue weighted by molar-refractivity contribution is 6.30. The fraction of sp³-hybridized carbons (Fsp3) is 0.429. The van der Waals surface area contributed by atoms with Crippen LogP contribution in [0.4, 0.5) is 0 Å². The number of imidazole rings is 1. The van der Waals surface area contributed by atoms with Crippen LogP contribution < -0.4 is 5.32 Å². The monoisotopic (exact) mass is 278 g/mol. The number of likely N-dealkylation sites (N-methyl/N-ethyl adjacent to an activating group) is 1. The van der Waals surface area contributed by atoms with E-state index >= 15 is 0 Å². The molecule has 1 atom stereocenters. The number of nitrogens with zero attached hydrogens (tertiary/aromatic N) is 3. The van der Waals surface area contributed by atoms with Gasteiger partial charge in [0.05, 0.1) is 16.8 Å². The molecule has 0 saturated carbocycles. The summed E-state index contributed by atoms with van der Waals surface area (Å²) in [7, 11) is 1.94. The Bertz CT molecular complexity index is 506. The molecular weight excluding hydrogens is 260 g/mol. The zero-order chi connectivity index (χ0) is 13.7. The predicted octanol–water partition coefficient (Wildman–Crippen LogP) is 2.84. The van der Waals surface area contributed by atoms with Crippen molar-refractivity contribution in [3.8, 4) is 0 Å². The Morgan fingerprint density at radius 2 is 2.21 bits per heavy atom. The number of hydrogen-bond donors (Lipinski definition) is 1. The second-order valence-corrected chi connectivity index (χ2v) is 4.92. The van der Waals surface area contributed by atoms with Gasteiger partial charge in [-0.15, -0.1) is 0 Å². The lowest BCUT2D eigenvalue weighted by atomic mass is 10.1. The number of aryl methyl sites for hydroxylation is 1. The first kappa shape index (κ1) is 14.0. The van der Waals surface area contributed by atoms with Crippen LogP contribution in [0.3, 0.4) is 0 Å². The van der Waals surface area contributed by atoms with Crippen molar-refractivity contribution in [3.05, 3.63) is 47.3 Å². The molecule has 1 unspecified atom stereocenters. The van der Waals surface area contributed by atoms with Gasteiger partial charge in [-0.1, -0.05) is 18.5 Å². The molecule has 0 aromatic carbocycles. The van der Waals surface area contributed by atoms with Gasteiger partial charge >= 0.3 is 0 Å². The van der Waals surface area contributed by atoms with E-state index in [1.54, 1.807) is 6.20 Å². The third-order valence-corrected chi connectivity index (χ3v) is 3.33. The first-order valence-corrected chi connectivity index (χ1v) is 6.91. The highest BCUT2D eigenvalue weighted by Crippen LogP contribution is 2.17. The summed E-state index contributed by atoms with van der Waals surface area (Å²) in [6.07, 6.45) is 7.48. The largest absolute Gasteiger partial charge is 0.335 e. The van der Waals surface area contributed by atoms with E-state index < -0.39 is 0 Å². The van der Waals surface area contributed by atoms with Crippen molar-refractivity contribution in [1.82, 2.24) is 19.9 Å². The van der Waals surface area contributed by atoms with E-state index in [4.69, 9.17) is 11.6 Å². The highest BCUT2D eigenvalue weighted by atomic mass is 35.5. The topological polar surface area (TPSA) is 42.7 Å². The van der Waals surface area contributed by atoms with Crippen molar-refractivity contribution in [2.75, 3.05) is 7.05 Å². The highest BCUT2D eigenvalue weighted by Gasteiger charge is 2.14. The second kappa shape index (κ2) is 6.68. The Hall–Kier alpha value is -1.39. The molecule has 0 radical (unpaired) electrons. The summed E-state index contributed by atoms with van der Waals surface area (Å²) in [5.41, 5.74) is 0.984. The lowest BCUT2D eigenvalue weighted by molar-refractivity contribution is 0.533. The van der Waals surface area contributed by atoms with E-state index in [9.17, 15) is 0 Å². The van der Waals surface area contributed by atoms with Crippen molar-refractivity contribution in [1.29, 1.82) is 0 Å². The van der Waals surface area contributed by atoms with E-state index in [1.807, 2.05) is 31.6 Å². The molecule has 2 aromatic rings. The smallest absolute Gasteiger partial charge is 0.110 e. The fourth-order valence-corrected chi connectivity index (χ4v) is 2.22. The fourth-order valence-electron chi connectivity index (χ4n) is 2.10. The van der Waals surface area contributed by atoms with E-state index in [0.717, 1.165) is 30.9 Å². The Morgan fingerprint density at radius 3 is 2.84 bits per heavy atom. The van der Waals surface area contributed by atoms with Crippen LogP contribution >= 0.6 is 11.6 Å². The molecule has 0 bridgehead atoms. The average molecular weight is 279 g/mol. The van der Waals surface area contributed by atoms with Gasteiger partial charge in [0.1, 0.15) is 5.82 Å². The van der Waals surface area contributed by atoms with Crippen LogP contribution in [0.25, 0.3) is 0 Å². The number of pyridine rings is 1. The number of halogens is 1. The maximum atomic E-state index is 5.87. The van der Waals surface area contributed by atoms with Gasteiger partial charge in [-0.25, -0.2) is 4.98 Å². The molecule has 102 valence electrons. The minimum atomic E-state index is 0.148. The Kier molecular flexibility index (Phi) is 4.93. The van der Waals surface area contributed by atoms with Crippen LogP contribution in [0.1, 0.15) is 30.9 Å². The maximum absolute atomic E-state index is 5.87. The molecule has 4 nitrogen and oxygen atoms in total. The summed E-state index contributed by atoms with van der Waals surface area (Å²) in [4.78, 5) is 8.81. The average Bonchev–Trinajstić information content (AvgIpc) is 2.85. The van der Waals surface area contributed by atoms with Gasteiger partial charge in [-0.3, -0.25) is 4.98 Å². The van der Waals surface area contributed by atoms with Crippen molar-refractivity contribution in [2.45, 2.75) is 32.4 Å². The summed E-state index contributed by atoms with van der Waals surface area (Å²) in [6.45, 7) is 3.17. The van der Waals surface area contributed by atoms with Gasteiger partial charge in [0.25, 0.3) is 0 Å². The molecular formula is C14H19ClN4. The van der Waals surface area contributed by atoms with Crippen LogP contribution in [0.2, 0.25) is 5.02 Å². The minimum Gasteiger partial charge on any atom is -0.335 e. The van der Waals surface area contributed by atoms with E-state index in [2.05, 4.69) is 26.8 Å². The number of rotatable bonds is 6. The molecule has 2 rings (SSSR count). The van der Waals surface area contributed by atoms with Gasteiger partial charge < -0.3 is 9.88 Å². The van der Waals surface area contributed by atoms with Crippen LogP contribution in [-0.4, -0.2) is 21.6 Å². The van der Waals surface area contributed by atoms with Gasteiger partial charge in [0.15, 0.2) is 0 Å². The summed E-state index contributed by atoms with van der Waals surface area (Å²) >= 11 is 5.87. The summed E-state index contributed by atoms with van der Waals surface area (Å²) in [6, 6.07) is 3.97. The third kappa shape index (κ3) is 3.55. The van der Waals surface area contributed by atoms with Gasteiger partial charge in [0, 0.05) is 31.6 Å². The quantitative estimate of drug-likeness (QED) is 0.884. The second-order valence-electron chi connectivity index (χ2n) is 4.48. The third-order valence-electron chi connectivity index (χ3n) is 3.11. The first-order chi connectivity index (χ1) is 9.24. The molecule has 0 fully saturated rings. The van der Waals surface area contributed by atoms with Crippen molar-refractivity contribution in [3.63, 3.8) is 0 Å². The lowest BCUT2D eigenvalue weighted by Crippen LogP contribution is -2.21. The molecule has 0 spiro atoms. The Morgan fingerprint density at radius 1 is 1.37 bits per heavy atom. The van der Waals surface area contributed by atoms with Crippen molar-refractivity contribution >= 4 is 11.6 Å². The van der Waals surface area contributed by atoms with Crippen LogP contribution in [0.15, 0.2) is 30.7 Å². The maximum Gasteiger partial charge on any atom is 0.110 e. The number of hydrogen-bond acceptors (Lipinski definition) is 3. The molecule has 2 heterocycles. The Labute approximate surface area is 118 Å². The van der Waals surface area contributed by atoms with Gasteiger partial charge in [-0.2, -0.15) is 0 Å². The van der Waals surface area contributed by atoms with Gasteiger partial charge in [-0.05, 0) is 25.6 Å². The van der Waals surface area contributed by atoms with E-state index in [1.165, 1.54) is 0 Å². The van der Waals surface area contributed by atoms with Crippen molar-refractivity contribution < 1.29 is 0 Å². The normalized spacial score (nSPS) is 12.6. The first-order valence-electron chi connectivity index (χ1n) is 6.53. The molecule has 5 heteroatoms. The molecule has 19 heavy (non-hydrogen) atoms. The van der Waals surface area contributed by atoms with Crippen LogP contribution in [0.5, 0.6) is 0 Å². The molecule has 0 aliphatic heterocycles. The summed E-state index contributed by atoms with van der Waals surface area (Å²) in [5, 5.41) is 3.94. The molecule has 0 amide bonds. The molecule has 0 aliphatic rings. The van der Waals surface area contributed by atoms with Crippen LogP contribution in [0, 0.1) is 0 Å². The summed E-state index contributed by atoms with van der Waals surface area (Å²) < 4.78 is 2.19. The number of nitrogens with one attached hydrogen (secondary N) is 1. The van der Waals surface area contributed by atoms with Crippen LogP contribution in [-0.2, 0) is 13.0 Å². The zero-order valence-corrected chi connectivity index (χ0v) is 12.1. The molecule has 0 aliphatic carbocycles. The predicted molar refractivity (Wildman–Crippen MR) is 77.3 cm³/mol. The lowest BCUT2D eigenvalue weighted by Gasteiger charge is -2.16. The molecule has 1 N–H and O–H groups in total. The summed E-state index contributed by atoms with van der Waals surface area (Å²) in [5.74, 6) is 1.08. The number of aromatic nitrogens is 3. The molecule has 2 aromatic heterocycles. The zero-order valence-electron chi connectivity index (χ0n) is 11.3. The SMILES string of the molecule is CCCn1ccnc1CC(NC)c1ccc(Cl)cn1.